The number of nitrogens with one attached hydrogen (secondary N) is 2. The Hall–Kier alpha value is -2.24. The first-order valence-corrected chi connectivity index (χ1v) is 12.9. The number of hydrogen-bond acceptors (Lipinski definition) is 7. The van der Waals surface area contributed by atoms with Gasteiger partial charge in [0.1, 0.15) is 17.5 Å². The average molecular weight is 502 g/mol. The zero-order valence-electron chi connectivity index (χ0n) is 20.4. The lowest BCUT2D eigenvalue weighted by Crippen LogP contribution is -2.58. The lowest BCUT2D eigenvalue weighted by Gasteiger charge is -2.36. The number of benzene rings is 1. The molecule has 3 N–H and O–H groups in total. The van der Waals surface area contributed by atoms with Crippen molar-refractivity contribution < 1.29 is 32.2 Å². The number of sulfonamides is 1. The van der Waals surface area contributed by atoms with Crippen LogP contribution in [-0.2, 0) is 19.6 Å². The van der Waals surface area contributed by atoms with Crippen LogP contribution in [0.4, 0.5) is 9.18 Å². The van der Waals surface area contributed by atoms with Crippen molar-refractivity contribution in [1.29, 1.82) is 0 Å². The SMILES string of the molecule is CC(C)CC(NC(=O)OC(C)(C)C)C(=O)N(C1CCCNC[C@@H]1O)S(=O)(=O)c1ccc(F)cc1. The summed E-state index contributed by atoms with van der Waals surface area (Å²) in [5.74, 6) is -1.57. The zero-order valence-corrected chi connectivity index (χ0v) is 21.2. The van der Waals surface area contributed by atoms with Gasteiger partial charge in [-0.2, -0.15) is 0 Å². The minimum atomic E-state index is -4.48. The van der Waals surface area contributed by atoms with Gasteiger partial charge < -0.3 is 20.5 Å². The molecule has 2 rings (SSSR count). The fourth-order valence-electron chi connectivity index (χ4n) is 3.76. The molecule has 192 valence electrons. The van der Waals surface area contributed by atoms with E-state index in [0.29, 0.717) is 17.3 Å². The predicted octanol–water partition coefficient (Wildman–Crippen LogP) is 2.40. The highest BCUT2D eigenvalue weighted by molar-refractivity contribution is 7.89. The molecule has 0 aromatic heterocycles. The summed E-state index contributed by atoms with van der Waals surface area (Å²) in [4.78, 5) is 26.0. The van der Waals surface area contributed by atoms with E-state index in [2.05, 4.69) is 10.6 Å². The summed E-state index contributed by atoms with van der Waals surface area (Å²) in [6.07, 6.45) is -1.12. The van der Waals surface area contributed by atoms with E-state index in [1.807, 2.05) is 13.8 Å². The number of carbonyl (C=O) groups is 2. The van der Waals surface area contributed by atoms with Crippen molar-refractivity contribution in [2.24, 2.45) is 5.92 Å². The maximum Gasteiger partial charge on any atom is 0.408 e. The summed E-state index contributed by atoms with van der Waals surface area (Å²) in [7, 11) is -4.48. The van der Waals surface area contributed by atoms with Crippen LogP contribution in [0.3, 0.4) is 0 Å². The van der Waals surface area contributed by atoms with Crippen LogP contribution in [0.25, 0.3) is 0 Å². The summed E-state index contributed by atoms with van der Waals surface area (Å²) in [5, 5.41) is 16.3. The normalized spacial score (nSPS) is 20.4. The van der Waals surface area contributed by atoms with Gasteiger partial charge in [0, 0.05) is 6.54 Å². The van der Waals surface area contributed by atoms with E-state index in [1.165, 1.54) is 0 Å². The molecule has 34 heavy (non-hydrogen) atoms. The number of alkyl carbamates (subject to hydrolysis) is 1. The zero-order chi connectivity index (χ0) is 25.7. The Kier molecular flexibility index (Phi) is 9.44. The monoisotopic (exact) mass is 501 g/mol. The van der Waals surface area contributed by atoms with Gasteiger partial charge in [-0.25, -0.2) is 21.9 Å². The van der Waals surface area contributed by atoms with Crippen LogP contribution in [0.15, 0.2) is 29.2 Å². The van der Waals surface area contributed by atoms with Crippen molar-refractivity contribution in [3.63, 3.8) is 0 Å². The summed E-state index contributed by atoms with van der Waals surface area (Å²) < 4.78 is 46.7. The van der Waals surface area contributed by atoms with Crippen LogP contribution in [-0.4, -0.2) is 66.7 Å². The third-order valence-electron chi connectivity index (χ3n) is 5.24. The molecular weight excluding hydrogens is 465 g/mol. The number of ether oxygens (including phenoxy) is 1. The molecule has 1 fully saturated rings. The molecule has 1 saturated heterocycles. The van der Waals surface area contributed by atoms with Gasteiger partial charge in [0.15, 0.2) is 0 Å². The number of aliphatic hydroxyl groups excluding tert-OH is 1. The van der Waals surface area contributed by atoms with Gasteiger partial charge in [0.25, 0.3) is 15.9 Å². The highest BCUT2D eigenvalue weighted by Gasteiger charge is 2.43. The Bertz CT molecular complexity index is 946. The Labute approximate surface area is 201 Å². The van der Waals surface area contributed by atoms with E-state index in [9.17, 15) is 27.5 Å². The second kappa shape index (κ2) is 11.5. The molecule has 0 bridgehead atoms. The minimum absolute atomic E-state index is 0.0695. The maximum atomic E-state index is 13.8. The van der Waals surface area contributed by atoms with Crippen LogP contribution in [0.5, 0.6) is 0 Å². The topological polar surface area (TPSA) is 125 Å². The second-order valence-corrected chi connectivity index (χ2v) is 11.7. The van der Waals surface area contributed by atoms with E-state index in [4.69, 9.17) is 4.74 Å². The van der Waals surface area contributed by atoms with Crippen LogP contribution in [0.2, 0.25) is 0 Å². The molecule has 0 saturated carbocycles. The second-order valence-electron chi connectivity index (χ2n) is 9.90. The molecule has 0 radical (unpaired) electrons. The van der Waals surface area contributed by atoms with E-state index in [-0.39, 0.29) is 30.2 Å². The number of halogens is 1. The van der Waals surface area contributed by atoms with E-state index >= 15 is 0 Å². The average Bonchev–Trinajstić information content (AvgIpc) is 2.90. The fraction of sp³-hybridized carbons (Fsp3) is 0.652. The molecule has 11 heteroatoms. The van der Waals surface area contributed by atoms with Gasteiger partial charge in [-0.05, 0) is 76.8 Å². The summed E-state index contributed by atoms with van der Waals surface area (Å²) in [6, 6.07) is 1.85. The summed E-state index contributed by atoms with van der Waals surface area (Å²) >= 11 is 0. The van der Waals surface area contributed by atoms with Crippen molar-refractivity contribution in [3.05, 3.63) is 30.1 Å². The number of β-amino-alcohol motifs (C(OH)–C–C–N with tert-alkyl or cyclic N) is 1. The molecule has 1 aromatic carbocycles. The number of rotatable bonds is 7. The van der Waals surface area contributed by atoms with Crippen molar-refractivity contribution in [2.45, 2.75) is 82.6 Å². The van der Waals surface area contributed by atoms with Gasteiger partial charge >= 0.3 is 6.09 Å². The lowest BCUT2D eigenvalue weighted by molar-refractivity contribution is -0.132. The van der Waals surface area contributed by atoms with Gasteiger partial charge in [0.2, 0.25) is 0 Å². The van der Waals surface area contributed by atoms with E-state index in [1.54, 1.807) is 20.8 Å². The summed E-state index contributed by atoms with van der Waals surface area (Å²) in [5.41, 5.74) is -0.821. The first-order valence-electron chi connectivity index (χ1n) is 11.4. The first kappa shape index (κ1) is 28.0. The van der Waals surface area contributed by atoms with E-state index < -0.39 is 51.6 Å². The minimum Gasteiger partial charge on any atom is -0.444 e. The highest BCUT2D eigenvalue weighted by atomic mass is 32.2. The van der Waals surface area contributed by atoms with Crippen molar-refractivity contribution in [1.82, 2.24) is 14.9 Å². The Morgan fingerprint density at radius 2 is 1.88 bits per heavy atom. The van der Waals surface area contributed by atoms with Crippen LogP contribution in [0.1, 0.15) is 53.9 Å². The molecule has 1 aliphatic rings. The number of nitrogens with zero attached hydrogens (tertiary/aromatic N) is 1. The van der Waals surface area contributed by atoms with Gasteiger partial charge in [-0.15, -0.1) is 0 Å². The van der Waals surface area contributed by atoms with Gasteiger partial charge in [-0.3, -0.25) is 4.79 Å². The maximum absolute atomic E-state index is 13.8. The Morgan fingerprint density at radius 3 is 2.44 bits per heavy atom. The quantitative estimate of drug-likeness (QED) is 0.524. The van der Waals surface area contributed by atoms with Gasteiger partial charge in [0.05, 0.1) is 17.0 Å². The molecule has 1 heterocycles. The lowest BCUT2D eigenvalue weighted by atomic mass is 10.0. The molecular formula is C23H36FN3O6S. The first-order chi connectivity index (χ1) is 15.7. The molecule has 2 amide bonds. The van der Waals surface area contributed by atoms with E-state index in [0.717, 1.165) is 24.3 Å². The molecule has 2 unspecified atom stereocenters. The molecule has 9 nitrogen and oxygen atoms in total. The van der Waals surface area contributed by atoms with Crippen molar-refractivity contribution >= 4 is 22.0 Å². The van der Waals surface area contributed by atoms with Crippen molar-refractivity contribution in [3.8, 4) is 0 Å². The Balaban J connectivity index is 2.52. The third-order valence-corrected chi connectivity index (χ3v) is 7.07. The molecule has 1 aromatic rings. The molecule has 1 aliphatic heterocycles. The number of carbonyl (C=O) groups excluding carboxylic acids is 2. The Morgan fingerprint density at radius 1 is 1.26 bits per heavy atom. The third kappa shape index (κ3) is 7.64. The smallest absolute Gasteiger partial charge is 0.408 e. The van der Waals surface area contributed by atoms with Crippen LogP contribution >= 0.6 is 0 Å². The van der Waals surface area contributed by atoms with Crippen LogP contribution in [0, 0.1) is 11.7 Å². The largest absolute Gasteiger partial charge is 0.444 e. The number of aliphatic hydroxyl groups is 1. The summed E-state index contributed by atoms with van der Waals surface area (Å²) in [6.45, 7) is 9.34. The number of hydrogen-bond donors (Lipinski definition) is 3. The molecule has 0 aliphatic carbocycles. The number of amides is 2. The molecule has 3 atom stereocenters. The predicted molar refractivity (Wildman–Crippen MR) is 125 cm³/mol. The fourth-order valence-corrected chi connectivity index (χ4v) is 5.44. The standard InChI is InChI=1S/C23H36FN3O6S/c1-15(2)13-18(26-22(30)33-23(3,4)5)21(29)27(19-7-6-12-25-14-20(19)28)34(31,32)17-10-8-16(24)9-11-17/h8-11,15,18-20,25,28H,6-7,12-14H2,1-5H3,(H,26,30)/t18?,19?,20-/m0/s1. The van der Waals surface area contributed by atoms with Gasteiger partial charge in [-0.1, -0.05) is 13.8 Å². The highest BCUT2D eigenvalue weighted by Crippen LogP contribution is 2.26. The van der Waals surface area contributed by atoms with Crippen molar-refractivity contribution in [2.75, 3.05) is 13.1 Å². The molecule has 0 spiro atoms. The van der Waals surface area contributed by atoms with Crippen LogP contribution < -0.4 is 10.6 Å².